The smallest absolute Gasteiger partial charge is 0.394 e. The summed E-state index contributed by atoms with van der Waals surface area (Å²) in [5, 5.41) is 30.0. The number of aliphatic hydroxyl groups is 1. The van der Waals surface area contributed by atoms with Gasteiger partial charge in [0.1, 0.15) is 0 Å². The monoisotopic (exact) mass is 405 g/mol. The van der Waals surface area contributed by atoms with Crippen molar-refractivity contribution in [2.24, 2.45) is 0 Å². The van der Waals surface area contributed by atoms with Gasteiger partial charge in [-0.05, 0) is 47.7 Å². The maximum absolute atomic E-state index is 11.5. The average molecular weight is 406 g/mol. The van der Waals surface area contributed by atoms with E-state index >= 15 is 0 Å². The first-order valence-corrected chi connectivity index (χ1v) is 8.85. The number of amides is 1. The van der Waals surface area contributed by atoms with E-state index in [-0.39, 0.29) is 12.8 Å². The van der Waals surface area contributed by atoms with E-state index in [4.69, 9.17) is 21.8 Å². The number of aliphatic hydroxyl groups excluding tert-OH is 1. The highest BCUT2D eigenvalue weighted by atomic mass is 35.5. The maximum Gasteiger partial charge on any atom is 0.394 e. The molecule has 2 rings (SSSR count). The average Bonchev–Trinajstić information content (AvgIpc) is 2.64. The van der Waals surface area contributed by atoms with Crippen LogP contribution in [0.15, 0.2) is 42.5 Å². The first-order chi connectivity index (χ1) is 13.2. The molecule has 0 radical (unpaired) electrons. The second-order valence-electron chi connectivity index (χ2n) is 6.43. The summed E-state index contributed by atoms with van der Waals surface area (Å²) in [4.78, 5) is 33.1. The van der Waals surface area contributed by atoms with Crippen molar-refractivity contribution < 1.29 is 29.7 Å². The number of carbonyl (C=O) groups is 3. The van der Waals surface area contributed by atoms with E-state index in [9.17, 15) is 19.5 Å². The zero-order chi connectivity index (χ0) is 20.8. The van der Waals surface area contributed by atoms with Gasteiger partial charge in [0.2, 0.25) is 0 Å². The van der Waals surface area contributed by atoms with Crippen LogP contribution < -0.4 is 5.32 Å². The van der Waals surface area contributed by atoms with Crippen molar-refractivity contribution in [3.05, 3.63) is 58.6 Å². The molecule has 0 saturated heterocycles. The fourth-order valence-corrected chi connectivity index (χ4v) is 2.99. The number of halogens is 1. The van der Waals surface area contributed by atoms with E-state index < -0.39 is 30.0 Å². The maximum atomic E-state index is 11.5. The SMILES string of the molecule is Cc1ccc(Cl)cc1-c1ccc(C[C@H](C[C@@H](O)C(=O)O)NC(=O)C(=O)O)cc1. The third-order valence-electron chi connectivity index (χ3n) is 4.27. The number of carboxylic acids is 2. The van der Waals surface area contributed by atoms with Crippen molar-refractivity contribution in [3.8, 4) is 11.1 Å². The van der Waals surface area contributed by atoms with Gasteiger partial charge in [-0.25, -0.2) is 9.59 Å². The molecule has 0 spiro atoms. The summed E-state index contributed by atoms with van der Waals surface area (Å²) in [6.07, 6.45) is -1.87. The van der Waals surface area contributed by atoms with Crippen LogP contribution in [-0.4, -0.2) is 45.3 Å². The lowest BCUT2D eigenvalue weighted by Gasteiger charge is -2.19. The molecule has 0 saturated carbocycles. The van der Waals surface area contributed by atoms with E-state index in [1.165, 1.54) is 0 Å². The van der Waals surface area contributed by atoms with Gasteiger partial charge in [-0.3, -0.25) is 4.79 Å². The second kappa shape index (κ2) is 9.34. The van der Waals surface area contributed by atoms with Crippen LogP contribution in [0, 0.1) is 6.92 Å². The fraction of sp³-hybridized carbons (Fsp3) is 0.250. The van der Waals surface area contributed by atoms with Crippen LogP contribution in [0.4, 0.5) is 0 Å². The predicted molar refractivity (Wildman–Crippen MR) is 103 cm³/mol. The van der Waals surface area contributed by atoms with Crippen LogP contribution in [0.25, 0.3) is 11.1 Å². The van der Waals surface area contributed by atoms with Crippen molar-refractivity contribution in [3.63, 3.8) is 0 Å². The number of aryl methyl sites for hydroxylation is 1. The van der Waals surface area contributed by atoms with Gasteiger partial charge < -0.3 is 20.6 Å². The van der Waals surface area contributed by atoms with E-state index in [0.717, 1.165) is 22.3 Å². The molecule has 2 aromatic rings. The fourth-order valence-electron chi connectivity index (χ4n) is 2.82. The quantitative estimate of drug-likeness (QED) is 0.524. The topological polar surface area (TPSA) is 124 Å². The molecule has 0 fully saturated rings. The highest BCUT2D eigenvalue weighted by molar-refractivity contribution is 6.31. The molecule has 0 aliphatic rings. The van der Waals surface area contributed by atoms with E-state index in [2.05, 4.69) is 5.32 Å². The van der Waals surface area contributed by atoms with Crippen LogP contribution in [0.5, 0.6) is 0 Å². The molecule has 2 atom stereocenters. The van der Waals surface area contributed by atoms with Gasteiger partial charge >= 0.3 is 17.8 Å². The molecule has 4 N–H and O–H groups in total. The number of benzene rings is 2. The molecule has 0 heterocycles. The van der Waals surface area contributed by atoms with Gasteiger partial charge in [0, 0.05) is 17.5 Å². The highest BCUT2D eigenvalue weighted by Gasteiger charge is 2.24. The van der Waals surface area contributed by atoms with Crippen LogP contribution in [-0.2, 0) is 20.8 Å². The molecule has 0 aliphatic carbocycles. The number of hydrogen-bond donors (Lipinski definition) is 4. The molecule has 0 aliphatic heterocycles. The minimum Gasteiger partial charge on any atom is -0.479 e. The van der Waals surface area contributed by atoms with Gasteiger partial charge in [0.15, 0.2) is 6.10 Å². The van der Waals surface area contributed by atoms with Gasteiger partial charge in [0.25, 0.3) is 0 Å². The Kier molecular flexibility index (Phi) is 7.14. The molecule has 0 bridgehead atoms. The third kappa shape index (κ3) is 5.80. The number of aliphatic carboxylic acids is 2. The number of carboxylic acid groups (broad SMARTS) is 2. The predicted octanol–water partition coefficient (Wildman–Crippen LogP) is 2.26. The van der Waals surface area contributed by atoms with Crippen molar-refractivity contribution in [2.75, 3.05) is 0 Å². The van der Waals surface area contributed by atoms with Gasteiger partial charge in [0.05, 0.1) is 0 Å². The molecule has 7 nitrogen and oxygen atoms in total. The standard InChI is InChI=1S/C20H20ClNO6/c1-11-2-7-14(21)9-16(11)13-5-3-12(4-6-13)8-15(10-17(23)19(25)26)22-18(24)20(27)28/h2-7,9,15,17,23H,8,10H2,1H3,(H,22,24)(H,25,26)(H,27,28)/t15-,17-/m1/s1. The lowest BCUT2D eigenvalue weighted by atomic mass is 9.96. The Bertz CT molecular complexity index is 881. The van der Waals surface area contributed by atoms with Crippen LogP contribution in [0.3, 0.4) is 0 Å². The van der Waals surface area contributed by atoms with E-state index in [0.29, 0.717) is 5.02 Å². The molecule has 0 aromatic heterocycles. The van der Waals surface area contributed by atoms with E-state index in [1.54, 1.807) is 18.2 Å². The van der Waals surface area contributed by atoms with Crippen LogP contribution >= 0.6 is 11.6 Å². The first-order valence-electron chi connectivity index (χ1n) is 8.47. The minimum atomic E-state index is -1.72. The molecule has 2 aromatic carbocycles. The van der Waals surface area contributed by atoms with Crippen molar-refractivity contribution in [1.82, 2.24) is 5.32 Å². The molecule has 148 valence electrons. The summed E-state index contributed by atoms with van der Waals surface area (Å²) < 4.78 is 0. The zero-order valence-electron chi connectivity index (χ0n) is 15.1. The van der Waals surface area contributed by atoms with Gasteiger partial charge in [-0.15, -0.1) is 0 Å². The van der Waals surface area contributed by atoms with Crippen molar-refractivity contribution >= 4 is 29.4 Å². The summed E-state index contributed by atoms with van der Waals surface area (Å²) in [6.45, 7) is 1.96. The lowest BCUT2D eigenvalue weighted by Crippen LogP contribution is -2.43. The third-order valence-corrected chi connectivity index (χ3v) is 4.50. The zero-order valence-corrected chi connectivity index (χ0v) is 15.8. The molecule has 8 heteroatoms. The molecular formula is C20H20ClNO6. The number of carbonyl (C=O) groups excluding carboxylic acids is 1. The van der Waals surface area contributed by atoms with Crippen LogP contribution in [0.1, 0.15) is 17.5 Å². The number of nitrogens with one attached hydrogen (secondary N) is 1. The Morgan fingerprint density at radius 2 is 1.71 bits per heavy atom. The van der Waals surface area contributed by atoms with Crippen molar-refractivity contribution in [2.45, 2.75) is 31.9 Å². The summed E-state index contributed by atoms with van der Waals surface area (Å²) in [7, 11) is 0. The number of rotatable bonds is 7. The Labute approximate surface area is 166 Å². The normalized spacial score (nSPS) is 12.8. The lowest BCUT2D eigenvalue weighted by molar-refractivity contribution is -0.151. The summed E-state index contributed by atoms with van der Waals surface area (Å²) in [5.74, 6) is -4.38. The Balaban J connectivity index is 2.19. The minimum absolute atomic E-state index is 0.165. The summed E-state index contributed by atoms with van der Waals surface area (Å²) in [5.41, 5.74) is 3.70. The highest BCUT2D eigenvalue weighted by Crippen LogP contribution is 2.27. The molecular weight excluding hydrogens is 386 g/mol. The largest absolute Gasteiger partial charge is 0.479 e. The summed E-state index contributed by atoms with van der Waals surface area (Å²) >= 11 is 6.06. The Hall–Kier alpha value is -2.90. The van der Waals surface area contributed by atoms with Crippen molar-refractivity contribution in [1.29, 1.82) is 0 Å². The molecule has 1 amide bonds. The summed E-state index contributed by atoms with van der Waals surface area (Å²) in [6, 6.07) is 12.0. The van der Waals surface area contributed by atoms with Crippen LogP contribution in [0.2, 0.25) is 5.02 Å². The van der Waals surface area contributed by atoms with E-state index in [1.807, 2.05) is 31.2 Å². The number of hydrogen-bond acceptors (Lipinski definition) is 4. The van der Waals surface area contributed by atoms with Gasteiger partial charge in [-0.1, -0.05) is 41.9 Å². The Morgan fingerprint density at radius 1 is 1.07 bits per heavy atom. The molecule has 28 heavy (non-hydrogen) atoms. The Morgan fingerprint density at radius 3 is 2.29 bits per heavy atom. The molecule has 0 unspecified atom stereocenters. The second-order valence-corrected chi connectivity index (χ2v) is 6.86. The van der Waals surface area contributed by atoms with Gasteiger partial charge in [-0.2, -0.15) is 0 Å². The first kappa shape index (κ1) is 21.4.